The van der Waals surface area contributed by atoms with Crippen LogP contribution in [0.2, 0.25) is 0 Å². The lowest BCUT2D eigenvalue weighted by atomic mass is 10.0. The smallest absolute Gasteiger partial charge is 0.409 e. The molecule has 230 valence electrons. The van der Waals surface area contributed by atoms with Crippen molar-refractivity contribution in [3.8, 4) is 0 Å². The van der Waals surface area contributed by atoms with Crippen molar-refractivity contribution in [2.24, 2.45) is 0 Å². The number of hydrogen-bond acceptors (Lipinski definition) is 5. The molecule has 0 saturated carbocycles. The molecule has 0 bridgehead atoms. The Morgan fingerprint density at radius 2 is 1.27 bits per heavy atom. The monoisotopic (exact) mass is 602 g/mol. The Kier molecular flexibility index (Phi) is 9.22. The zero-order chi connectivity index (χ0) is 31.2. The van der Waals surface area contributed by atoms with E-state index in [1.54, 1.807) is 39.8 Å². The van der Waals surface area contributed by atoms with Gasteiger partial charge in [-0.15, -0.1) is 0 Å². The van der Waals surface area contributed by atoms with E-state index in [2.05, 4.69) is 36.1 Å². The summed E-state index contributed by atoms with van der Waals surface area (Å²) in [6, 6.07) is 36.7. The van der Waals surface area contributed by atoms with Gasteiger partial charge in [-0.1, -0.05) is 91.0 Å². The first kappa shape index (κ1) is 30.1. The van der Waals surface area contributed by atoms with Crippen molar-refractivity contribution in [2.45, 2.75) is 44.9 Å². The molecule has 4 aromatic carbocycles. The summed E-state index contributed by atoms with van der Waals surface area (Å²) < 4.78 is 8.84. The number of fused-ring (bicyclic) bond motifs is 1. The Morgan fingerprint density at radius 3 is 1.84 bits per heavy atom. The molecule has 8 nitrogen and oxygen atoms in total. The van der Waals surface area contributed by atoms with E-state index >= 15 is 0 Å². The van der Waals surface area contributed by atoms with Gasteiger partial charge >= 0.3 is 11.8 Å². The molecule has 1 saturated heterocycles. The van der Waals surface area contributed by atoms with Gasteiger partial charge < -0.3 is 9.64 Å². The van der Waals surface area contributed by atoms with Gasteiger partial charge in [0.05, 0.1) is 11.0 Å². The molecule has 1 aliphatic rings. The summed E-state index contributed by atoms with van der Waals surface area (Å²) in [6.45, 7) is 4.78. The summed E-state index contributed by atoms with van der Waals surface area (Å²) in [5.41, 5.74) is 3.82. The van der Waals surface area contributed by atoms with E-state index in [4.69, 9.17) is 4.74 Å². The predicted octanol–water partition coefficient (Wildman–Crippen LogP) is 6.36. The topological polar surface area (TPSA) is 76.8 Å². The third-order valence-corrected chi connectivity index (χ3v) is 8.62. The van der Waals surface area contributed by atoms with Crippen LogP contribution in [0.1, 0.15) is 47.3 Å². The molecule has 1 amide bonds. The lowest BCUT2D eigenvalue weighted by Crippen LogP contribution is -2.43. The largest absolute Gasteiger partial charge is 0.448 e. The quantitative estimate of drug-likeness (QED) is 0.196. The Bertz CT molecular complexity index is 1750. The number of nitrogens with zero attached hydrogens (tertiary/aromatic N) is 4. The minimum Gasteiger partial charge on any atom is -0.448 e. The molecule has 1 fully saturated rings. The average molecular weight is 603 g/mol. The van der Waals surface area contributed by atoms with Crippen LogP contribution in [-0.4, -0.2) is 56.7 Å². The van der Waals surface area contributed by atoms with E-state index in [9.17, 15) is 14.4 Å². The van der Waals surface area contributed by atoms with E-state index in [1.807, 2.05) is 60.7 Å². The molecule has 0 N–H and O–H groups in total. The summed E-state index contributed by atoms with van der Waals surface area (Å²) in [6.07, 6.45) is 0.840. The van der Waals surface area contributed by atoms with Crippen molar-refractivity contribution in [1.82, 2.24) is 18.9 Å². The van der Waals surface area contributed by atoms with Crippen molar-refractivity contribution < 1.29 is 14.3 Å². The maximum atomic E-state index is 13.7. The second-order valence-electron chi connectivity index (χ2n) is 11.7. The Labute approximate surface area is 263 Å². The molecule has 0 aliphatic carbocycles. The molecular formula is C37H38N4O4. The van der Waals surface area contributed by atoms with Crippen LogP contribution in [0.4, 0.5) is 4.79 Å². The molecule has 1 aliphatic heterocycles. The van der Waals surface area contributed by atoms with Gasteiger partial charge in [0.2, 0.25) is 0 Å². The van der Waals surface area contributed by atoms with E-state index in [1.165, 1.54) is 15.7 Å². The minimum absolute atomic E-state index is 0.00115. The van der Waals surface area contributed by atoms with Gasteiger partial charge in [-0.05, 0) is 55.2 Å². The fourth-order valence-electron chi connectivity index (χ4n) is 6.13. The number of piperidine rings is 1. The summed E-state index contributed by atoms with van der Waals surface area (Å²) in [7, 11) is 0. The summed E-state index contributed by atoms with van der Waals surface area (Å²) in [5.74, 6) is -0.348. The summed E-state index contributed by atoms with van der Waals surface area (Å²) in [4.78, 5) is 44.3. The highest BCUT2D eigenvalue weighted by Crippen LogP contribution is 2.27. The SMILES string of the molecule is C[C@@H](COC(=O)N1CCC(n2c(=O)n(C(=O)c3ccccc3)c3ccccc32)CC1)N(Cc1ccccc1)Cc1ccccc1. The number of carbonyl (C=O) groups excluding carboxylic acids is 2. The third-order valence-electron chi connectivity index (χ3n) is 8.62. The minimum atomic E-state index is -0.350. The zero-order valence-electron chi connectivity index (χ0n) is 25.5. The Hall–Kier alpha value is -4.95. The zero-order valence-corrected chi connectivity index (χ0v) is 25.5. The molecule has 1 atom stereocenters. The number of aromatic nitrogens is 2. The first-order valence-electron chi connectivity index (χ1n) is 15.5. The molecule has 0 spiro atoms. The highest BCUT2D eigenvalue weighted by Gasteiger charge is 2.30. The van der Waals surface area contributed by atoms with Gasteiger partial charge in [-0.25, -0.2) is 14.2 Å². The number of imidazole rings is 1. The fraction of sp³-hybridized carbons (Fsp3) is 0.270. The maximum absolute atomic E-state index is 13.7. The maximum Gasteiger partial charge on any atom is 0.409 e. The second-order valence-corrected chi connectivity index (χ2v) is 11.7. The number of likely N-dealkylation sites (tertiary alicyclic amines) is 1. The molecular weight excluding hydrogens is 564 g/mol. The normalized spacial score (nSPS) is 14.5. The lowest BCUT2D eigenvalue weighted by Gasteiger charge is -2.33. The molecule has 0 radical (unpaired) electrons. The van der Waals surface area contributed by atoms with Crippen molar-refractivity contribution in [1.29, 1.82) is 0 Å². The molecule has 2 heterocycles. The van der Waals surface area contributed by atoms with Gasteiger partial charge in [0.25, 0.3) is 5.91 Å². The Morgan fingerprint density at radius 1 is 0.756 bits per heavy atom. The van der Waals surface area contributed by atoms with E-state index in [-0.39, 0.29) is 36.4 Å². The Balaban J connectivity index is 1.10. The highest BCUT2D eigenvalue weighted by atomic mass is 16.6. The summed E-state index contributed by atoms with van der Waals surface area (Å²) >= 11 is 0. The van der Waals surface area contributed by atoms with Crippen LogP contribution in [0.5, 0.6) is 0 Å². The molecule has 0 unspecified atom stereocenters. The number of carbonyl (C=O) groups is 2. The second kappa shape index (κ2) is 13.8. The van der Waals surface area contributed by atoms with Gasteiger partial charge in [-0.2, -0.15) is 0 Å². The molecule has 45 heavy (non-hydrogen) atoms. The standard InChI is InChI=1S/C37H38N4O4/c1-28(39(25-29-13-5-2-6-14-29)26-30-15-7-3-8-16-30)27-45-37(44)38-23-21-32(22-24-38)40-33-19-11-12-20-34(33)41(36(40)43)35(42)31-17-9-4-10-18-31/h2-20,28,32H,21-27H2,1H3/t28-/m0/s1. The van der Waals surface area contributed by atoms with Crippen LogP contribution in [-0.2, 0) is 17.8 Å². The van der Waals surface area contributed by atoms with E-state index in [0.29, 0.717) is 37.0 Å². The van der Waals surface area contributed by atoms with Crippen LogP contribution in [0, 0.1) is 0 Å². The van der Waals surface area contributed by atoms with Crippen molar-refractivity contribution >= 4 is 23.0 Å². The van der Waals surface area contributed by atoms with Crippen molar-refractivity contribution in [2.75, 3.05) is 19.7 Å². The molecule has 6 rings (SSSR count). The molecule has 8 heteroatoms. The number of para-hydroxylation sites is 2. The van der Waals surface area contributed by atoms with Gasteiger partial charge in [0.15, 0.2) is 0 Å². The molecule has 5 aromatic rings. The van der Waals surface area contributed by atoms with E-state index < -0.39 is 0 Å². The number of rotatable bonds is 9. The fourth-order valence-corrected chi connectivity index (χ4v) is 6.13. The van der Waals surface area contributed by atoms with Crippen LogP contribution < -0.4 is 5.69 Å². The van der Waals surface area contributed by atoms with Gasteiger partial charge in [0, 0.05) is 43.8 Å². The summed E-state index contributed by atoms with van der Waals surface area (Å²) in [5, 5.41) is 0. The third kappa shape index (κ3) is 6.76. The predicted molar refractivity (Wildman–Crippen MR) is 175 cm³/mol. The first-order chi connectivity index (χ1) is 22.0. The van der Waals surface area contributed by atoms with Gasteiger partial charge in [-0.3, -0.25) is 14.3 Å². The lowest BCUT2D eigenvalue weighted by molar-refractivity contribution is 0.0567. The number of hydrogen-bond donors (Lipinski definition) is 0. The van der Waals surface area contributed by atoms with Crippen molar-refractivity contribution in [3.63, 3.8) is 0 Å². The van der Waals surface area contributed by atoms with Crippen LogP contribution >= 0.6 is 0 Å². The molecule has 1 aromatic heterocycles. The highest BCUT2D eigenvalue weighted by molar-refractivity contribution is 6.01. The van der Waals surface area contributed by atoms with Crippen LogP contribution in [0.25, 0.3) is 11.0 Å². The van der Waals surface area contributed by atoms with Crippen LogP contribution in [0.15, 0.2) is 120 Å². The number of ether oxygens (including phenoxy) is 1. The van der Waals surface area contributed by atoms with Gasteiger partial charge in [0.1, 0.15) is 6.61 Å². The number of benzene rings is 4. The van der Waals surface area contributed by atoms with E-state index in [0.717, 1.165) is 18.6 Å². The van der Waals surface area contributed by atoms with Crippen LogP contribution in [0.3, 0.4) is 0 Å². The first-order valence-corrected chi connectivity index (χ1v) is 15.5. The van der Waals surface area contributed by atoms with Crippen molar-refractivity contribution in [3.05, 3.63) is 142 Å². The average Bonchev–Trinajstić information content (AvgIpc) is 3.39. The number of amides is 1.